The van der Waals surface area contributed by atoms with Crippen LogP contribution in [0.5, 0.6) is 17.2 Å². The number of benzene rings is 5. The number of hydrogen-bond donors (Lipinski definition) is 1. The third-order valence-corrected chi connectivity index (χ3v) is 18.6. The number of aliphatic hydroxyl groups is 1. The van der Waals surface area contributed by atoms with Crippen molar-refractivity contribution in [1.29, 1.82) is 0 Å². The number of fused-ring (bicyclic) bond motifs is 4. The zero-order chi connectivity index (χ0) is 45.2. The molecule has 334 valence electrons. The highest BCUT2D eigenvalue weighted by atomic mass is 28.3. The van der Waals surface area contributed by atoms with E-state index >= 15 is 4.79 Å². The lowest BCUT2D eigenvalue weighted by atomic mass is 9.82. The molecule has 10 rings (SSSR count). The number of para-hydroxylation sites is 4. The fourth-order valence-corrected chi connectivity index (χ4v) is 15.2. The molecule has 1 N–H and O–H groups in total. The molecule has 14 heteroatoms. The predicted octanol–water partition coefficient (Wildman–Crippen LogP) is 6.95. The number of carbonyl (C=O) groups excluding carboxylic acids is 4. The van der Waals surface area contributed by atoms with Crippen LogP contribution in [0.1, 0.15) is 37.3 Å². The summed E-state index contributed by atoms with van der Waals surface area (Å²) < 4.78 is 24.5. The number of ether oxygens (including phenoxy) is 4. The molecule has 2 saturated heterocycles. The highest BCUT2D eigenvalue weighted by Crippen LogP contribution is 2.61. The molecule has 5 heterocycles. The second-order valence-electron chi connectivity index (χ2n) is 18.2. The number of hydrogen-bond acceptors (Lipinski definition) is 9. The molecule has 5 aromatic carbocycles. The first-order valence-electron chi connectivity index (χ1n) is 22.3. The fourth-order valence-electron chi connectivity index (χ4n) is 11.2. The SMILES string of the molecule is COc1ccc([Si](C)(C)[C@H]2[C@H](CC(=O)N3CCC[C@H]3CO)O[C@@]3(C(=O)N(Cc4cccc(N5C(=O)COc6ccccc65)c4)c4ccc(N5C(=O)COc6ccccc65)cc43)[C@@H]2C)cc1. The van der Waals surface area contributed by atoms with Crippen molar-refractivity contribution in [3.8, 4) is 17.2 Å². The van der Waals surface area contributed by atoms with E-state index < -0.39 is 25.7 Å². The average Bonchev–Trinajstić information content (AvgIpc) is 3.99. The zero-order valence-corrected chi connectivity index (χ0v) is 37.9. The number of rotatable bonds is 10. The van der Waals surface area contributed by atoms with Crippen LogP contribution in [0.3, 0.4) is 0 Å². The Kier molecular flexibility index (Phi) is 10.8. The summed E-state index contributed by atoms with van der Waals surface area (Å²) in [5, 5.41) is 11.4. The van der Waals surface area contributed by atoms with Gasteiger partial charge in [-0.25, -0.2) is 0 Å². The largest absolute Gasteiger partial charge is 0.497 e. The van der Waals surface area contributed by atoms with Gasteiger partial charge in [-0.15, -0.1) is 0 Å². The summed E-state index contributed by atoms with van der Waals surface area (Å²) >= 11 is 0. The number of nitrogens with zero attached hydrogens (tertiary/aromatic N) is 4. The van der Waals surface area contributed by atoms with Gasteiger partial charge >= 0.3 is 0 Å². The van der Waals surface area contributed by atoms with Crippen molar-refractivity contribution in [3.63, 3.8) is 0 Å². The minimum Gasteiger partial charge on any atom is -0.497 e. The molecule has 1 spiro atoms. The van der Waals surface area contributed by atoms with Crippen molar-refractivity contribution < 1.29 is 43.2 Å². The van der Waals surface area contributed by atoms with Gasteiger partial charge in [-0.2, -0.15) is 0 Å². The maximum Gasteiger partial charge on any atom is 0.269 e. The van der Waals surface area contributed by atoms with Gasteiger partial charge < -0.3 is 33.9 Å². The molecular weight excluding hydrogens is 841 g/mol. The molecule has 0 unspecified atom stereocenters. The lowest BCUT2D eigenvalue weighted by molar-refractivity contribution is -0.150. The number of anilines is 5. The Labute approximate surface area is 379 Å². The van der Waals surface area contributed by atoms with Crippen LogP contribution < -0.4 is 34.1 Å². The quantitative estimate of drug-likeness (QED) is 0.148. The first-order valence-corrected chi connectivity index (χ1v) is 25.4. The van der Waals surface area contributed by atoms with E-state index in [1.54, 1.807) is 26.7 Å². The Bertz CT molecular complexity index is 2710. The molecule has 4 amide bonds. The Balaban J connectivity index is 1.10. The molecule has 5 aromatic rings. The first-order chi connectivity index (χ1) is 31.4. The van der Waals surface area contributed by atoms with Crippen LogP contribution in [0.25, 0.3) is 0 Å². The van der Waals surface area contributed by atoms with E-state index in [4.69, 9.17) is 18.9 Å². The summed E-state index contributed by atoms with van der Waals surface area (Å²) in [5.41, 5.74) is 2.67. The highest BCUT2D eigenvalue weighted by Gasteiger charge is 2.67. The van der Waals surface area contributed by atoms with Crippen LogP contribution in [-0.2, 0) is 36.1 Å². The van der Waals surface area contributed by atoms with Gasteiger partial charge in [-0.05, 0) is 90.7 Å². The second-order valence-corrected chi connectivity index (χ2v) is 22.8. The van der Waals surface area contributed by atoms with Gasteiger partial charge in [0.05, 0.1) is 64.0 Å². The van der Waals surface area contributed by atoms with Crippen molar-refractivity contribution >= 4 is 65.3 Å². The van der Waals surface area contributed by atoms with Crippen molar-refractivity contribution in [2.24, 2.45) is 5.92 Å². The zero-order valence-electron chi connectivity index (χ0n) is 36.9. The topological polar surface area (TPSA) is 138 Å². The molecule has 5 aliphatic heterocycles. The molecule has 65 heavy (non-hydrogen) atoms. The van der Waals surface area contributed by atoms with E-state index in [2.05, 4.69) is 32.2 Å². The number of amides is 4. The third-order valence-electron chi connectivity index (χ3n) is 14.3. The summed E-state index contributed by atoms with van der Waals surface area (Å²) in [5.74, 6) is 0.625. The molecule has 5 aliphatic rings. The molecule has 2 fully saturated rings. The van der Waals surface area contributed by atoms with Crippen molar-refractivity contribution in [1.82, 2.24) is 4.90 Å². The Morgan fingerprint density at radius 2 is 1.45 bits per heavy atom. The van der Waals surface area contributed by atoms with Gasteiger partial charge in [0.2, 0.25) is 5.91 Å². The molecule has 5 atom stereocenters. The van der Waals surface area contributed by atoms with E-state index in [0.717, 1.165) is 29.3 Å². The average molecular weight is 893 g/mol. The molecular formula is C51H52N4O9Si. The minimum atomic E-state index is -2.65. The predicted molar refractivity (Wildman–Crippen MR) is 248 cm³/mol. The van der Waals surface area contributed by atoms with Crippen LogP contribution in [-0.4, -0.2) is 87.3 Å². The third kappa shape index (κ3) is 6.97. The molecule has 0 aliphatic carbocycles. The summed E-state index contributed by atoms with van der Waals surface area (Å²) in [4.78, 5) is 64.4. The fraction of sp³-hybridized carbons (Fsp3) is 0.333. The number of likely N-dealkylation sites (tertiary alicyclic amines) is 1. The molecule has 0 bridgehead atoms. The van der Waals surface area contributed by atoms with E-state index in [-0.39, 0.29) is 68.0 Å². The van der Waals surface area contributed by atoms with Gasteiger partial charge in [0.25, 0.3) is 17.7 Å². The summed E-state index contributed by atoms with van der Waals surface area (Å²) in [7, 11) is -1.01. The van der Waals surface area contributed by atoms with Crippen molar-refractivity contribution in [2.45, 2.75) is 69.1 Å². The number of carbonyl (C=O) groups is 4. The first kappa shape index (κ1) is 42.5. The smallest absolute Gasteiger partial charge is 0.269 e. The molecule has 13 nitrogen and oxygen atoms in total. The van der Waals surface area contributed by atoms with E-state index in [1.165, 1.54) is 0 Å². The summed E-state index contributed by atoms with van der Waals surface area (Å²) in [6.07, 6.45) is 0.903. The van der Waals surface area contributed by atoms with E-state index in [1.807, 2.05) is 103 Å². The van der Waals surface area contributed by atoms with Crippen molar-refractivity contribution in [2.75, 3.05) is 48.2 Å². The Hall–Kier alpha value is -6.48. The lowest BCUT2D eigenvalue weighted by Gasteiger charge is -2.37. The van der Waals surface area contributed by atoms with Crippen LogP contribution in [0, 0.1) is 5.92 Å². The number of aliphatic hydroxyl groups excluding tert-OH is 1. The van der Waals surface area contributed by atoms with Gasteiger partial charge in [-0.3, -0.25) is 29.0 Å². The van der Waals surface area contributed by atoms with Gasteiger partial charge in [0.1, 0.15) is 17.2 Å². The molecule has 0 aromatic heterocycles. The lowest BCUT2D eigenvalue weighted by Crippen LogP contribution is -2.52. The van der Waals surface area contributed by atoms with Crippen LogP contribution in [0.2, 0.25) is 18.6 Å². The van der Waals surface area contributed by atoms with Gasteiger partial charge in [0, 0.05) is 29.4 Å². The maximum atomic E-state index is 15.9. The second kappa shape index (κ2) is 16.5. The van der Waals surface area contributed by atoms with E-state index in [9.17, 15) is 19.5 Å². The molecule has 0 saturated carbocycles. The highest BCUT2D eigenvalue weighted by molar-refractivity contribution is 6.91. The summed E-state index contributed by atoms with van der Waals surface area (Å²) in [6, 6.07) is 35.9. The number of methoxy groups -OCH3 is 1. The summed E-state index contributed by atoms with van der Waals surface area (Å²) in [6.45, 7) is 6.96. The maximum absolute atomic E-state index is 15.9. The van der Waals surface area contributed by atoms with Crippen molar-refractivity contribution in [3.05, 3.63) is 126 Å². The molecule has 0 radical (unpaired) electrons. The van der Waals surface area contributed by atoms with Crippen LogP contribution in [0.4, 0.5) is 28.4 Å². The normalized spacial score (nSPS) is 23.6. The van der Waals surface area contributed by atoms with Gasteiger partial charge in [-0.1, -0.05) is 73.7 Å². The minimum absolute atomic E-state index is 0.0363. The van der Waals surface area contributed by atoms with Gasteiger partial charge in [0.15, 0.2) is 18.8 Å². The standard InChI is InChI=1S/C51H52N4O9Si/c1-32-49(65(3,4)38-21-19-37(61-2)20-22-38)45(27-46(57)52-24-10-13-36(52)29-56)64-51(32)39-26-35(55-42-15-6-8-17-44(42)63-31-48(55)59)18-23-40(39)53(50(51)60)28-33-11-9-12-34(25-33)54-41-14-5-7-16-43(41)62-30-47(54)58/h5-9,11-12,14-23,25-26,32,36,45,49,56H,10,13,24,27-31H2,1-4H3/t32-,36+,45+,49-,51+/m1/s1. The monoisotopic (exact) mass is 892 g/mol. The Morgan fingerprint density at radius 3 is 2.09 bits per heavy atom. The van der Waals surface area contributed by atoms with E-state index in [0.29, 0.717) is 52.0 Å². The van der Waals surface area contributed by atoms with Crippen LogP contribution in [0.15, 0.2) is 115 Å². The van der Waals surface area contributed by atoms with Crippen LogP contribution >= 0.6 is 0 Å². The Morgan fingerprint density at radius 1 is 0.800 bits per heavy atom.